The van der Waals surface area contributed by atoms with Gasteiger partial charge in [0, 0.05) is 25.6 Å². The van der Waals surface area contributed by atoms with E-state index in [2.05, 4.69) is 0 Å². The van der Waals surface area contributed by atoms with Crippen LogP contribution in [-0.4, -0.2) is 35.1 Å². The van der Waals surface area contributed by atoms with Crippen molar-refractivity contribution >= 4 is 5.91 Å². The van der Waals surface area contributed by atoms with Gasteiger partial charge in [-0.25, -0.2) is 4.39 Å². The Hall–Kier alpha value is -1.46. The number of nitrogens with zero attached hydrogens (tertiary/aromatic N) is 1. The van der Waals surface area contributed by atoms with Crippen molar-refractivity contribution in [3.63, 3.8) is 0 Å². The van der Waals surface area contributed by atoms with Gasteiger partial charge in [-0.2, -0.15) is 0 Å². The third-order valence-electron chi connectivity index (χ3n) is 3.21. The molecule has 0 saturated carbocycles. The molecule has 18 heavy (non-hydrogen) atoms. The van der Waals surface area contributed by atoms with E-state index in [0.29, 0.717) is 19.5 Å². The largest absolute Gasteiger partial charge is 0.391 e. The molecule has 2 atom stereocenters. The molecule has 2 rings (SSSR count). The van der Waals surface area contributed by atoms with E-state index in [1.54, 1.807) is 17.0 Å². The molecule has 1 saturated heterocycles. The molecule has 1 aliphatic heterocycles. The van der Waals surface area contributed by atoms with Gasteiger partial charge in [0.15, 0.2) is 0 Å². The zero-order valence-corrected chi connectivity index (χ0v) is 10.1. The number of β-amino-alcohol motifs (C(OH)–C–C–N with tert-alkyl or cyclic N) is 1. The van der Waals surface area contributed by atoms with Gasteiger partial charge in [0.25, 0.3) is 0 Å². The van der Waals surface area contributed by atoms with Crippen LogP contribution in [0.2, 0.25) is 0 Å². The number of halogens is 1. The molecule has 0 radical (unpaired) electrons. The highest BCUT2D eigenvalue weighted by atomic mass is 19.1. The van der Waals surface area contributed by atoms with Crippen molar-refractivity contribution in [3.05, 3.63) is 35.6 Å². The van der Waals surface area contributed by atoms with Crippen LogP contribution in [0.5, 0.6) is 0 Å². The van der Waals surface area contributed by atoms with Gasteiger partial charge in [0.05, 0.1) is 6.10 Å². The quantitative estimate of drug-likeness (QED) is 0.836. The second-order valence-electron chi connectivity index (χ2n) is 4.64. The SMILES string of the molecule is NC(CC(=O)N1CC[C@H](O)C1)c1ccc(F)cc1. The lowest BCUT2D eigenvalue weighted by atomic mass is 10.0. The van der Waals surface area contributed by atoms with Crippen molar-refractivity contribution in [1.29, 1.82) is 0 Å². The van der Waals surface area contributed by atoms with Crippen LogP contribution in [-0.2, 0) is 4.79 Å². The second kappa shape index (κ2) is 5.46. The summed E-state index contributed by atoms with van der Waals surface area (Å²) >= 11 is 0. The Kier molecular flexibility index (Phi) is 3.93. The third kappa shape index (κ3) is 3.05. The van der Waals surface area contributed by atoms with Crippen LogP contribution >= 0.6 is 0 Å². The number of rotatable bonds is 3. The van der Waals surface area contributed by atoms with Crippen LogP contribution in [0.1, 0.15) is 24.4 Å². The molecule has 1 heterocycles. The highest BCUT2D eigenvalue weighted by Gasteiger charge is 2.25. The minimum absolute atomic E-state index is 0.0663. The molecule has 0 aromatic heterocycles. The number of likely N-dealkylation sites (tertiary alicyclic amines) is 1. The summed E-state index contributed by atoms with van der Waals surface area (Å²) in [5.74, 6) is -0.386. The zero-order valence-electron chi connectivity index (χ0n) is 10.1. The van der Waals surface area contributed by atoms with Crippen LogP contribution in [0, 0.1) is 5.82 Å². The van der Waals surface area contributed by atoms with Crippen LogP contribution in [0.25, 0.3) is 0 Å². The number of carbonyl (C=O) groups excluding carboxylic acids is 1. The van der Waals surface area contributed by atoms with Crippen molar-refractivity contribution in [2.45, 2.75) is 25.0 Å². The molecule has 1 fully saturated rings. The van der Waals surface area contributed by atoms with Gasteiger partial charge in [-0.3, -0.25) is 4.79 Å². The summed E-state index contributed by atoms with van der Waals surface area (Å²) in [4.78, 5) is 13.5. The highest BCUT2D eigenvalue weighted by molar-refractivity contribution is 5.77. The fourth-order valence-corrected chi connectivity index (χ4v) is 2.11. The van der Waals surface area contributed by atoms with Crippen LogP contribution in [0.15, 0.2) is 24.3 Å². The smallest absolute Gasteiger partial charge is 0.224 e. The molecule has 1 unspecified atom stereocenters. The van der Waals surface area contributed by atoms with Gasteiger partial charge in [-0.05, 0) is 24.1 Å². The average Bonchev–Trinajstić information content (AvgIpc) is 2.76. The first-order chi connectivity index (χ1) is 8.56. The number of aliphatic hydroxyl groups is 1. The molecule has 1 aliphatic rings. The van der Waals surface area contributed by atoms with E-state index < -0.39 is 12.1 Å². The number of aliphatic hydroxyl groups excluding tert-OH is 1. The van der Waals surface area contributed by atoms with Gasteiger partial charge in [-0.15, -0.1) is 0 Å². The van der Waals surface area contributed by atoms with E-state index in [4.69, 9.17) is 5.73 Å². The number of nitrogens with two attached hydrogens (primary N) is 1. The Morgan fingerprint density at radius 3 is 2.72 bits per heavy atom. The lowest BCUT2D eigenvalue weighted by Gasteiger charge is -2.18. The molecule has 3 N–H and O–H groups in total. The summed E-state index contributed by atoms with van der Waals surface area (Å²) in [6.45, 7) is 0.963. The van der Waals surface area contributed by atoms with E-state index in [1.165, 1.54) is 12.1 Å². The van der Waals surface area contributed by atoms with Crippen LogP contribution < -0.4 is 5.73 Å². The van der Waals surface area contributed by atoms with Gasteiger partial charge < -0.3 is 15.7 Å². The fraction of sp³-hybridized carbons (Fsp3) is 0.462. The fourth-order valence-electron chi connectivity index (χ4n) is 2.11. The summed E-state index contributed by atoms with van der Waals surface area (Å²) in [6.07, 6.45) is 0.381. The number of carbonyl (C=O) groups is 1. The van der Waals surface area contributed by atoms with Crippen LogP contribution in [0.3, 0.4) is 0 Å². The van der Waals surface area contributed by atoms with Gasteiger partial charge in [0.2, 0.25) is 5.91 Å². The van der Waals surface area contributed by atoms with E-state index in [0.717, 1.165) is 5.56 Å². The molecule has 98 valence electrons. The first-order valence-corrected chi connectivity index (χ1v) is 6.03. The Labute approximate surface area is 105 Å². The minimum Gasteiger partial charge on any atom is -0.391 e. The molecule has 0 bridgehead atoms. The van der Waals surface area contributed by atoms with Crippen molar-refractivity contribution in [2.24, 2.45) is 5.73 Å². The molecule has 5 heteroatoms. The second-order valence-corrected chi connectivity index (χ2v) is 4.64. The lowest BCUT2D eigenvalue weighted by molar-refractivity contribution is -0.130. The summed E-state index contributed by atoms with van der Waals surface area (Å²) in [5.41, 5.74) is 6.66. The molecule has 1 aromatic carbocycles. The predicted octanol–water partition coefficient (Wildman–Crippen LogP) is 0.809. The Balaban J connectivity index is 1.92. The summed E-state index contributed by atoms with van der Waals surface area (Å²) in [6, 6.07) is 5.41. The Morgan fingerprint density at radius 2 is 2.17 bits per heavy atom. The van der Waals surface area contributed by atoms with Gasteiger partial charge in [-0.1, -0.05) is 12.1 Å². The first-order valence-electron chi connectivity index (χ1n) is 6.03. The van der Waals surface area contributed by atoms with Crippen LogP contribution in [0.4, 0.5) is 4.39 Å². The Bertz CT molecular complexity index is 422. The van der Waals surface area contributed by atoms with E-state index in [-0.39, 0.29) is 18.1 Å². The molecule has 1 aromatic rings. The van der Waals surface area contributed by atoms with Crippen molar-refractivity contribution in [3.8, 4) is 0 Å². The zero-order chi connectivity index (χ0) is 13.1. The number of benzene rings is 1. The maximum atomic E-state index is 12.8. The lowest BCUT2D eigenvalue weighted by Crippen LogP contribution is -2.32. The molecule has 1 amide bonds. The maximum Gasteiger partial charge on any atom is 0.224 e. The van der Waals surface area contributed by atoms with Gasteiger partial charge in [0.1, 0.15) is 5.82 Å². The molecule has 0 aliphatic carbocycles. The molecule has 4 nitrogen and oxygen atoms in total. The van der Waals surface area contributed by atoms with Crippen molar-refractivity contribution in [1.82, 2.24) is 4.90 Å². The number of amides is 1. The Morgan fingerprint density at radius 1 is 1.50 bits per heavy atom. The standard InChI is InChI=1S/C13H17FN2O2/c14-10-3-1-9(2-4-10)12(15)7-13(18)16-6-5-11(17)8-16/h1-4,11-12,17H,5-8,15H2/t11-,12?/m0/s1. The maximum absolute atomic E-state index is 12.8. The average molecular weight is 252 g/mol. The number of hydrogen-bond donors (Lipinski definition) is 2. The van der Waals surface area contributed by atoms with E-state index in [1.807, 2.05) is 0 Å². The summed E-state index contributed by atoms with van der Waals surface area (Å²) < 4.78 is 12.8. The highest BCUT2D eigenvalue weighted by Crippen LogP contribution is 2.18. The van der Waals surface area contributed by atoms with Gasteiger partial charge >= 0.3 is 0 Å². The van der Waals surface area contributed by atoms with E-state index in [9.17, 15) is 14.3 Å². The minimum atomic E-state index is -0.434. The first kappa shape index (κ1) is 13.0. The predicted molar refractivity (Wildman–Crippen MR) is 65.1 cm³/mol. The third-order valence-corrected chi connectivity index (χ3v) is 3.21. The summed E-state index contributed by atoms with van der Waals surface area (Å²) in [7, 11) is 0. The molecular formula is C13H17FN2O2. The topological polar surface area (TPSA) is 66.6 Å². The monoisotopic (exact) mass is 252 g/mol. The van der Waals surface area contributed by atoms with E-state index >= 15 is 0 Å². The van der Waals surface area contributed by atoms with Crippen molar-refractivity contribution in [2.75, 3.05) is 13.1 Å². The molecule has 0 spiro atoms. The van der Waals surface area contributed by atoms with Crippen molar-refractivity contribution < 1.29 is 14.3 Å². The summed E-state index contributed by atoms with van der Waals surface area (Å²) in [5, 5.41) is 9.36. The number of hydrogen-bond acceptors (Lipinski definition) is 3. The normalized spacial score (nSPS) is 21.1. The molecular weight excluding hydrogens is 235 g/mol.